The third-order valence-electron chi connectivity index (χ3n) is 8.14. The predicted molar refractivity (Wildman–Crippen MR) is 158 cm³/mol. The summed E-state index contributed by atoms with van der Waals surface area (Å²) < 4.78 is 5.21. The monoisotopic (exact) mass is 544 g/mol. The number of benzene rings is 1. The Labute approximate surface area is 234 Å². The van der Waals surface area contributed by atoms with Crippen LogP contribution in [0.2, 0.25) is 0 Å². The minimum Gasteiger partial charge on any atom is -0.391 e. The molecule has 0 fully saturated rings. The molecule has 7 N–H and O–H groups in total. The third kappa shape index (κ3) is 9.62. The Kier molecular flexibility index (Phi) is 12.5. The summed E-state index contributed by atoms with van der Waals surface area (Å²) in [7, 11) is 1.73. The van der Waals surface area contributed by atoms with Gasteiger partial charge in [0.25, 0.3) is 0 Å². The van der Waals surface area contributed by atoms with Gasteiger partial charge in [-0.3, -0.25) is 9.59 Å². The molecule has 0 aliphatic rings. The van der Waals surface area contributed by atoms with Crippen molar-refractivity contribution >= 4 is 22.7 Å². The Balaban J connectivity index is 2.05. The molecule has 0 aliphatic carbocycles. The van der Waals surface area contributed by atoms with Gasteiger partial charge in [0.05, 0.1) is 11.5 Å². The highest BCUT2D eigenvalue weighted by molar-refractivity contribution is 5.84. The Morgan fingerprint density at radius 1 is 1.13 bits per heavy atom. The molecule has 0 unspecified atom stereocenters. The van der Waals surface area contributed by atoms with Crippen LogP contribution in [0.25, 0.3) is 10.9 Å². The lowest BCUT2D eigenvalue weighted by Gasteiger charge is -2.30. The fourth-order valence-electron chi connectivity index (χ4n) is 5.01. The zero-order valence-corrected chi connectivity index (χ0v) is 25.0. The van der Waals surface area contributed by atoms with Crippen molar-refractivity contribution < 1.29 is 19.4 Å². The van der Waals surface area contributed by atoms with Crippen LogP contribution in [0, 0.1) is 29.1 Å². The molecule has 0 spiro atoms. The Hall–Kier alpha value is -2.42. The highest BCUT2D eigenvalue weighted by Crippen LogP contribution is 2.28. The summed E-state index contributed by atoms with van der Waals surface area (Å²) in [4.78, 5) is 28.0. The molecule has 1 aromatic carbocycles. The number of fused-ring (bicyclic) bond motifs is 1. The van der Waals surface area contributed by atoms with Crippen LogP contribution in [0.1, 0.15) is 71.9 Å². The molecule has 0 saturated heterocycles. The summed E-state index contributed by atoms with van der Waals surface area (Å²) in [6, 6.07) is 6.14. The average Bonchev–Trinajstić information content (AvgIpc) is 3.27. The second-order valence-corrected chi connectivity index (χ2v) is 12.5. The fraction of sp³-hybridized carbons (Fsp3) is 0.677. The van der Waals surface area contributed by atoms with E-state index in [9.17, 15) is 14.7 Å². The number of aromatic amines is 1. The van der Waals surface area contributed by atoms with E-state index in [4.69, 9.17) is 16.2 Å². The predicted octanol–water partition coefficient (Wildman–Crippen LogP) is 3.93. The normalized spacial score (nSPS) is 15.5. The van der Waals surface area contributed by atoms with Gasteiger partial charge in [0.2, 0.25) is 11.8 Å². The van der Waals surface area contributed by atoms with Gasteiger partial charge in [-0.05, 0) is 87.0 Å². The van der Waals surface area contributed by atoms with E-state index >= 15 is 0 Å². The summed E-state index contributed by atoms with van der Waals surface area (Å²) in [5, 5.41) is 15.2. The molecule has 0 radical (unpaired) electrons. The first kappa shape index (κ1) is 32.8. The SMILES string of the molecule is COCCCc1c[nH]c2ccc(C[C@@H](C[C@H](N)[C@@H](O)C[C@H](C(=O)NCC(C)(C)C(N)=O)C(C)C)C(C)C)cc12. The zero-order chi connectivity index (χ0) is 29.3. The number of nitrogens with one attached hydrogen (secondary N) is 2. The largest absolute Gasteiger partial charge is 0.391 e. The number of hydrogen-bond donors (Lipinski definition) is 5. The lowest BCUT2D eigenvalue weighted by molar-refractivity contribution is -0.130. The first-order valence-corrected chi connectivity index (χ1v) is 14.4. The van der Waals surface area contributed by atoms with Crippen molar-refractivity contribution in [1.82, 2.24) is 10.3 Å². The number of amides is 2. The minimum atomic E-state index is -0.842. The molecule has 0 bridgehead atoms. The van der Waals surface area contributed by atoms with E-state index in [0.717, 1.165) is 31.4 Å². The number of carbonyl (C=O) groups is 2. The first-order chi connectivity index (χ1) is 18.3. The van der Waals surface area contributed by atoms with E-state index in [-0.39, 0.29) is 30.7 Å². The number of methoxy groups -OCH3 is 1. The van der Waals surface area contributed by atoms with Gasteiger partial charge in [0.15, 0.2) is 0 Å². The highest BCUT2D eigenvalue weighted by atomic mass is 16.5. The van der Waals surface area contributed by atoms with E-state index in [1.54, 1.807) is 21.0 Å². The quantitative estimate of drug-likeness (QED) is 0.192. The van der Waals surface area contributed by atoms with Crippen LogP contribution < -0.4 is 16.8 Å². The number of nitrogens with two attached hydrogens (primary N) is 2. The van der Waals surface area contributed by atoms with Crippen molar-refractivity contribution in [2.24, 2.45) is 40.6 Å². The Bertz CT molecular complexity index is 1060. The number of aryl methyl sites for hydroxylation is 1. The molecule has 0 saturated carbocycles. The van der Waals surface area contributed by atoms with Crippen LogP contribution >= 0.6 is 0 Å². The number of aliphatic hydroxyl groups excluding tert-OH is 1. The first-order valence-electron chi connectivity index (χ1n) is 14.4. The van der Waals surface area contributed by atoms with Gasteiger partial charge in [-0.1, -0.05) is 33.8 Å². The molecular weight excluding hydrogens is 492 g/mol. The van der Waals surface area contributed by atoms with Crippen LogP contribution in [0.4, 0.5) is 0 Å². The lowest BCUT2D eigenvalue weighted by atomic mass is 9.80. The molecule has 8 nitrogen and oxygen atoms in total. The molecule has 1 heterocycles. The summed E-state index contributed by atoms with van der Waals surface area (Å²) in [6.07, 6.45) is 5.02. The van der Waals surface area contributed by atoms with E-state index in [2.05, 4.69) is 48.5 Å². The highest BCUT2D eigenvalue weighted by Gasteiger charge is 2.32. The van der Waals surface area contributed by atoms with Gasteiger partial charge in [-0.2, -0.15) is 0 Å². The molecular formula is C31H52N4O4. The van der Waals surface area contributed by atoms with Crippen molar-refractivity contribution in [2.75, 3.05) is 20.3 Å². The maximum atomic E-state index is 13.0. The van der Waals surface area contributed by atoms with Gasteiger partial charge < -0.3 is 31.6 Å². The number of aliphatic hydroxyl groups is 1. The molecule has 2 aromatic rings. The maximum absolute atomic E-state index is 13.0. The van der Waals surface area contributed by atoms with Crippen molar-refractivity contribution in [3.05, 3.63) is 35.5 Å². The van der Waals surface area contributed by atoms with Crippen LogP contribution in [-0.4, -0.2) is 54.3 Å². The van der Waals surface area contributed by atoms with Crippen LogP contribution in [0.5, 0.6) is 0 Å². The van der Waals surface area contributed by atoms with Crippen molar-refractivity contribution in [3.8, 4) is 0 Å². The van der Waals surface area contributed by atoms with Gasteiger partial charge in [0.1, 0.15) is 0 Å². The summed E-state index contributed by atoms with van der Waals surface area (Å²) in [6.45, 7) is 12.6. The molecule has 4 atom stereocenters. The number of primary amides is 1. The smallest absolute Gasteiger partial charge is 0.224 e. The lowest BCUT2D eigenvalue weighted by Crippen LogP contribution is -2.46. The number of hydrogen-bond acceptors (Lipinski definition) is 5. The van der Waals surface area contributed by atoms with E-state index in [1.807, 2.05) is 13.8 Å². The summed E-state index contributed by atoms with van der Waals surface area (Å²) in [5.74, 6) is -0.400. The minimum absolute atomic E-state index is 0.00981. The second kappa shape index (κ2) is 14.8. The van der Waals surface area contributed by atoms with E-state index in [1.165, 1.54) is 16.5 Å². The van der Waals surface area contributed by atoms with E-state index < -0.39 is 29.4 Å². The summed E-state index contributed by atoms with van der Waals surface area (Å²) >= 11 is 0. The standard InChI is InChI=1S/C31H52N4O4/c1-19(2)23(13-21-10-11-27-25(14-21)22(17-34-27)9-8-12-39-7)15-26(32)28(36)16-24(20(3)4)29(37)35-18-31(5,6)30(33)38/h10-11,14,17,19-20,23-24,26,28,34,36H,8-9,12-13,15-16,18,32H2,1-7H3,(H2,33,38)(H,35,37)/t23-,24-,26-,28-/m0/s1. The van der Waals surface area contributed by atoms with Crippen molar-refractivity contribution in [1.29, 1.82) is 0 Å². The van der Waals surface area contributed by atoms with Crippen molar-refractivity contribution in [3.63, 3.8) is 0 Å². The van der Waals surface area contributed by atoms with Crippen molar-refractivity contribution in [2.45, 2.75) is 85.8 Å². The molecule has 39 heavy (non-hydrogen) atoms. The van der Waals surface area contributed by atoms with E-state index in [0.29, 0.717) is 12.3 Å². The van der Waals surface area contributed by atoms with Crippen LogP contribution in [0.15, 0.2) is 24.4 Å². The molecule has 0 aliphatic heterocycles. The molecule has 1 aromatic heterocycles. The topological polar surface area (TPSA) is 143 Å². The Morgan fingerprint density at radius 2 is 1.82 bits per heavy atom. The third-order valence-corrected chi connectivity index (χ3v) is 8.14. The van der Waals surface area contributed by atoms with Crippen LogP contribution in [-0.2, 0) is 27.2 Å². The van der Waals surface area contributed by atoms with Gasteiger partial charge >= 0.3 is 0 Å². The van der Waals surface area contributed by atoms with Gasteiger partial charge in [-0.15, -0.1) is 0 Å². The summed E-state index contributed by atoms with van der Waals surface area (Å²) in [5.41, 5.74) is 14.8. The average molecular weight is 545 g/mol. The Morgan fingerprint density at radius 3 is 2.41 bits per heavy atom. The second-order valence-electron chi connectivity index (χ2n) is 12.5. The molecule has 220 valence electrons. The van der Waals surface area contributed by atoms with Gasteiger partial charge in [-0.25, -0.2) is 0 Å². The number of ether oxygens (including phenoxy) is 1. The number of rotatable bonds is 17. The number of carbonyl (C=O) groups excluding carboxylic acids is 2. The maximum Gasteiger partial charge on any atom is 0.224 e. The van der Waals surface area contributed by atoms with Crippen LogP contribution in [0.3, 0.4) is 0 Å². The number of H-pyrrole nitrogens is 1. The molecule has 2 amide bonds. The molecule has 8 heteroatoms. The van der Waals surface area contributed by atoms with Gasteiger partial charge in [0, 0.05) is 49.3 Å². The molecule has 2 rings (SSSR count). The zero-order valence-electron chi connectivity index (χ0n) is 25.0. The number of aromatic nitrogens is 1. The fourth-order valence-corrected chi connectivity index (χ4v) is 5.01.